The van der Waals surface area contributed by atoms with E-state index >= 15 is 0 Å². The number of aliphatic hydroxyl groups is 1. The fourth-order valence-electron chi connectivity index (χ4n) is 1.78. The molecule has 0 saturated heterocycles. The van der Waals surface area contributed by atoms with Crippen molar-refractivity contribution >= 4 is 18.4 Å². The maximum Gasteiger partial charge on any atom is 0.335 e. The highest BCUT2D eigenvalue weighted by molar-refractivity contribution is 5.87. The summed E-state index contributed by atoms with van der Waals surface area (Å²) in [6, 6.07) is 5.93. The Morgan fingerprint density at radius 2 is 1.82 bits per heavy atom. The number of aliphatic hydroxyl groups excluding tert-OH is 1. The number of carboxylic acids is 1. The minimum atomic E-state index is -0.956. The van der Waals surface area contributed by atoms with Gasteiger partial charge >= 0.3 is 5.97 Å². The summed E-state index contributed by atoms with van der Waals surface area (Å²) < 4.78 is 0. The van der Waals surface area contributed by atoms with E-state index < -0.39 is 18.1 Å². The molecule has 0 spiro atoms. The van der Waals surface area contributed by atoms with Crippen molar-refractivity contribution in [1.29, 1.82) is 0 Å². The highest BCUT2D eigenvalue weighted by Crippen LogP contribution is 2.37. The van der Waals surface area contributed by atoms with Crippen LogP contribution in [0.25, 0.3) is 0 Å². The van der Waals surface area contributed by atoms with Gasteiger partial charge in [-0.2, -0.15) is 0 Å². The van der Waals surface area contributed by atoms with E-state index in [1.54, 1.807) is 12.1 Å². The van der Waals surface area contributed by atoms with Gasteiger partial charge in [0.15, 0.2) is 0 Å². The molecule has 1 aromatic carbocycles. The molecule has 0 aromatic heterocycles. The lowest BCUT2D eigenvalue weighted by Gasteiger charge is -2.18. The number of hydrogen-bond donors (Lipinski definition) is 3. The largest absolute Gasteiger partial charge is 0.478 e. The quantitative estimate of drug-likeness (QED) is 0.765. The Hall–Kier alpha value is -1.10. The molecular formula is C12H16ClNO3. The number of carboxylic acid groups (broad SMARTS) is 1. The third kappa shape index (κ3) is 3.19. The predicted octanol–water partition coefficient (Wildman–Crippen LogP) is 1.58. The van der Waals surface area contributed by atoms with Gasteiger partial charge in [-0.05, 0) is 36.5 Å². The number of benzene rings is 1. The standard InChI is InChI=1S/C12H15NO3.ClH/c13-10(11(14)8-3-4-8)7-1-5-9(6-2-7)12(15)16;/h1-2,5-6,8,10-11,14H,3-4,13H2,(H,15,16);1H/t10-,11+;/m1./s1. The summed E-state index contributed by atoms with van der Waals surface area (Å²) in [6.45, 7) is 0. The van der Waals surface area contributed by atoms with Gasteiger partial charge in [-0.3, -0.25) is 0 Å². The molecule has 2 rings (SSSR count). The molecule has 4 N–H and O–H groups in total. The van der Waals surface area contributed by atoms with Crippen molar-refractivity contribution in [2.24, 2.45) is 11.7 Å². The zero-order chi connectivity index (χ0) is 11.7. The summed E-state index contributed by atoms with van der Waals surface area (Å²) in [7, 11) is 0. The summed E-state index contributed by atoms with van der Waals surface area (Å²) in [6.07, 6.45) is 1.54. The molecule has 0 radical (unpaired) electrons. The van der Waals surface area contributed by atoms with Gasteiger partial charge in [0.05, 0.1) is 17.7 Å². The molecule has 0 aliphatic heterocycles. The first-order valence-electron chi connectivity index (χ1n) is 5.36. The van der Waals surface area contributed by atoms with Gasteiger partial charge in [0.25, 0.3) is 0 Å². The summed E-state index contributed by atoms with van der Waals surface area (Å²) in [5, 5.41) is 18.6. The zero-order valence-corrected chi connectivity index (χ0v) is 10.1. The number of aromatic carboxylic acids is 1. The van der Waals surface area contributed by atoms with Crippen molar-refractivity contribution in [3.8, 4) is 0 Å². The maximum absolute atomic E-state index is 10.7. The third-order valence-corrected chi connectivity index (χ3v) is 3.02. The minimum Gasteiger partial charge on any atom is -0.478 e. The van der Waals surface area contributed by atoms with Crippen LogP contribution < -0.4 is 5.73 Å². The molecule has 0 bridgehead atoms. The van der Waals surface area contributed by atoms with E-state index in [9.17, 15) is 9.90 Å². The summed E-state index contributed by atoms with van der Waals surface area (Å²) in [4.78, 5) is 10.7. The van der Waals surface area contributed by atoms with Gasteiger partial charge in [0, 0.05) is 0 Å². The van der Waals surface area contributed by atoms with Crippen LogP contribution >= 0.6 is 12.4 Å². The van der Waals surface area contributed by atoms with Gasteiger partial charge < -0.3 is 15.9 Å². The molecule has 5 heteroatoms. The summed E-state index contributed by atoms with van der Waals surface area (Å²) >= 11 is 0. The molecule has 1 saturated carbocycles. The van der Waals surface area contributed by atoms with Gasteiger partial charge in [-0.1, -0.05) is 12.1 Å². The highest BCUT2D eigenvalue weighted by Gasteiger charge is 2.34. The smallest absolute Gasteiger partial charge is 0.335 e. The van der Waals surface area contributed by atoms with Gasteiger partial charge in [0.2, 0.25) is 0 Å². The van der Waals surface area contributed by atoms with Gasteiger partial charge in [-0.15, -0.1) is 12.4 Å². The average Bonchev–Trinajstić information content (AvgIpc) is 3.11. The second-order valence-electron chi connectivity index (χ2n) is 4.28. The average molecular weight is 258 g/mol. The van der Waals surface area contributed by atoms with Crippen LogP contribution in [0.4, 0.5) is 0 Å². The first-order chi connectivity index (χ1) is 7.59. The Balaban J connectivity index is 0.00000144. The Kier molecular flexibility index (Phi) is 4.51. The Morgan fingerprint density at radius 3 is 2.24 bits per heavy atom. The zero-order valence-electron chi connectivity index (χ0n) is 9.24. The Morgan fingerprint density at radius 1 is 1.29 bits per heavy atom. The number of rotatable bonds is 4. The molecule has 1 aliphatic rings. The van der Waals surface area contributed by atoms with Crippen molar-refractivity contribution in [1.82, 2.24) is 0 Å². The molecule has 94 valence electrons. The maximum atomic E-state index is 10.7. The van der Waals surface area contributed by atoms with Crippen LogP contribution in [0.1, 0.15) is 34.8 Å². The van der Waals surface area contributed by atoms with Crippen molar-refractivity contribution < 1.29 is 15.0 Å². The SMILES string of the molecule is Cl.N[C@H](c1ccc(C(=O)O)cc1)[C@@H](O)C1CC1. The minimum absolute atomic E-state index is 0. The van der Waals surface area contributed by atoms with Crippen LogP contribution in [0.2, 0.25) is 0 Å². The molecule has 1 fully saturated rings. The van der Waals surface area contributed by atoms with Gasteiger partial charge in [0.1, 0.15) is 0 Å². The van der Waals surface area contributed by atoms with Crippen molar-refractivity contribution in [3.05, 3.63) is 35.4 Å². The summed E-state index contributed by atoms with van der Waals surface area (Å²) in [5.41, 5.74) is 6.92. The van der Waals surface area contributed by atoms with Crippen LogP contribution in [0.5, 0.6) is 0 Å². The van der Waals surface area contributed by atoms with E-state index in [1.807, 2.05) is 0 Å². The van der Waals surface area contributed by atoms with Gasteiger partial charge in [-0.25, -0.2) is 4.79 Å². The second kappa shape index (κ2) is 5.49. The Bertz CT molecular complexity index is 389. The molecule has 0 amide bonds. The number of halogens is 1. The number of carbonyl (C=O) groups is 1. The van der Waals surface area contributed by atoms with E-state index in [0.717, 1.165) is 18.4 Å². The normalized spacial score (nSPS) is 18.0. The first-order valence-corrected chi connectivity index (χ1v) is 5.36. The van der Waals surface area contributed by atoms with E-state index in [4.69, 9.17) is 10.8 Å². The highest BCUT2D eigenvalue weighted by atomic mass is 35.5. The van der Waals surface area contributed by atoms with Crippen LogP contribution in [0.3, 0.4) is 0 Å². The van der Waals surface area contributed by atoms with Crippen molar-refractivity contribution in [3.63, 3.8) is 0 Å². The van der Waals surface area contributed by atoms with Crippen molar-refractivity contribution in [2.45, 2.75) is 25.0 Å². The lowest BCUT2D eigenvalue weighted by atomic mass is 9.98. The molecular weight excluding hydrogens is 242 g/mol. The third-order valence-electron chi connectivity index (χ3n) is 3.02. The molecule has 4 nitrogen and oxygen atoms in total. The summed E-state index contributed by atoms with van der Waals surface area (Å²) in [5.74, 6) is -0.642. The molecule has 0 unspecified atom stereocenters. The van der Waals surface area contributed by atoms with Crippen LogP contribution in [-0.2, 0) is 0 Å². The molecule has 1 aromatic rings. The van der Waals surface area contributed by atoms with Crippen LogP contribution in [0, 0.1) is 5.92 Å². The fourth-order valence-corrected chi connectivity index (χ4v) is 1.78. The van der Waals surface area contributed by atoms with Crippen LogP contribution in [0.15, 0.2) is 24.3 Å². The number of hydrogen-bond acceptors (Lipinski definition) is 3. The second-order valence-corrected chi connectivity index (χ2v) is 4.28. The van der Waals surface area contributed by atoms with E-state index in [2.05, 4.69) is 0 Å². The fraction of sp³-hybridized carbons (Fsp3) is 0.417. The predicted molar refractivity (Wildman–Crippen MR) is 66.3 cm³/mol. The van der Waals surface area contributed by atoms with E-state index in [0.29, 0.717) is 5.92 Å². The monoisotopic (exact) mass is 257 g/mol. The molecule has 17 heavy (non-hydrogen) atoms. The lowest BCUT2D eigenvalue weighted by molar-refractivity contribution is 0.0697. The topological polar surface area (TPSA) is 83.6 Å². The van der Waals surface area contributed by atoms with E-state index in [-0.39, 0.29) is 18.0 Å². The van der Waals surface area contributed by atoms with Crippen molar-refractivity contribution in [2.75, 3.05) is 0 Å². The molecule has 0 heterocycles. The van der Waals surface area contributed by atoms with Crippen LogP contribution in [-0.4, -0.2) is 22.3 Å². The number of nitrogens with two attached hydrogens (primary N) is 1. The molecule has 1 aliphatic carbocycles. The lowest BCUT2D eigenvalue weighted by Crippen LogP contribution is -2.27. The van der Waals surface area contributed by atoms with E-state index in [1.165, 1.54) is 12.1 Å². The molecule has 2 atom stereocenters. The Labute approximate surface area is 106 Å². The first kappa shape index (κ1) is 14.0.